The van der Waals surface area contributed by atoms with E-state index in [1.807, 2.05) is 0 Å². The minimum absolute atomic E-state index is 0.0550. The van der Waals surface area contributed by atoms with Crippen molar-refractivity contribution in [3.8, 4) is 0 Å². The van der Waals surface area contributed by atoms with Crippen molar-refractivity contribution in [2.24, 2.45) is 0 Å². The van der Waals surface area contributed by atoms with Crippen molar-refractivity contribution < 1.29 is 4.79 Å². The molecule has 0 fully saturated rings. The molecule has 0 atom stereocenters. The molecule has 1 aromatic heterocycles. The molecule has 2 rings (SSSR count). The van der Waals surface area contributed by atoms with Gasteiger partial charge in [0.15, 0.2) is 11.5 Å². The van der Waals surface area contributed by atoms with Crippen LogP contribution < -0.4 is 5.43 Å². The molecule has 4 nitrogen and oxygen atoms in total. The minimum Gasteiger partial charge on any atom is -0.293 e. The maximum absolute atomic E-state index is 11.8. The SMILES string of the molecule is CC(=O)c1n[nH]c2ccc(Br)cc2c1=O. The Balaban J connectivity index is 2.89. The number of aromatic amines is 1. The van der Waals surface area contributed by atoms with Crippen molar-refractivity contribution in [2.45, 2.75) is 6.92 Å². The highest BCUT2D eigenvalue weighted by Crippen LogP contribution is 2.14. The number of carbonyl (C=O) groups excluding carboxylic acids is 1. The molecule has 0 radical (unpaired) electrons. The molecular formula is C10H7BrN2O2. The molecule has 0 amide bonds. The van der Waals surface area contributed by atoms with Crippen LogP contribution in [-0.2, 0) is 0 Å². The molecule has 0 spiro atoms. The average molecular weight is 267 g/mol. The number of nitrogens with one attached hydrogen (secondary N) is 1. The van der Waals surface area contributed by atoms with E-state index in [9.17, 15) is 9.59 Å². The number of hydrogen-bond acceptors (Lipinski definition) is 3. The zero-order chi connectivity index (χ0) is 11.0. The molecule has 5 heteroatoms. The van der Waals surface area contributed by atoms with Gasteiger partial charge in [-0.1, -0.05) is 15.9 Å². The van der Waals surface area contributed by atoms with Crippen molar-refractivity contribution >= 4 is 32.6 Å². The molecule has 0 bridgehead atoms. The van der Waals surface area contributed by atoms with E-state index in [2.05, 4.69) is 26.1 Å². The van der Waals surface area contributed by atoms with Gasteiger partial charge in [-0.15, -0.1) is 0 Å². The van der Waals surface area contributed by atoms with Crippen molar-refractivity contribution in [1.82, 2.24) is 10.2 Å². The van der Waals surface area contributed by atoms with Gasteiger partial charge in [0.1, 0.15) is 0 Å². The van der Waals surface area contributed by atoms with Gasteiger partial charge in [-0.2, -0.15) is 5.10 Å². The summed E-state index contributed by atoms with van der Waals surface area (Å²) in [4.78, 5) is 22.9. The van der Waals surface area contributed by atoms with Gasteiger partial charge in [-0.3, -0.25) is 14.7 Å². The number of H-pyrrole nitrogens is 1. The summed E-state index contributed by atoms with van der Waals surface area (Å²) in [5.41, 5.74) is 0.228. The number of Topliss-reactive ketones (excluding diaryl/α,β-unsaturated/α-hetero) is 1. The Labute approximate surface area is 93.4 Å². The number of hydrogen-bond donors (Lipinski definition) is 1. The number of rotatable bonds is 1. The predicted octanol–water partition coefficient (Wildman–Crippen LogP) is 1.89. The molecule has 0 aliphatic rings. The monoisotopic (exact) mass is 266 g/mol. The lowest BCUT2D eigenvalue weighted by Gasteiger charge is -1.99. The van der Waals surface area contributed by atoms with E-state index in [1.165, 1.54) is 6.92 Å². The Morgan fingerprint density at radius 2 is 2.20 bits per heavy atom. The van der Waals surface area contributed by atoms with Crippen molar-refractivity contribution in [3.05, 3.63) is 38.6 Å². The van der Waals surface area contributed by atoms with Gasteiger partial charge in [0, 0.05) is 11.4 Å². The maximum atomic E-state index is 11.8. The van der Waals surface area contributed by atoms with Gasteiger partial charge in [0.25, 0.3) is 0 Å². The lowest BCUT2D eigenvalue weighted by atomic mass is 10.2. The Hall–Kier alpha value is -1.49. The number of carbonyl (C=O) groups is 1. The van der Waals surface area contributed by atoms with Crippen LogP contribution in [0.3, 0.4) is 0 Å². The summed E-state index contributed by atoms with van der Waals surface area (Å²) in [5, 5.41) is 6.87. The molecule has 0 saturated carbocycles. The van der Waals surface area contributed by atoms with Crippen LogP contribution >= 0.6 is 15.9 Å². The summed E-state index contributed by atoms with van der Waals surface area (Å²) in [6.45, 7) is 1.32. The molecular weight excluding hydrogens is 260 g/mol. The fourth-order valence-corrected chi connectivity index (χ4v) is 1.70. The van der Waals surface area contributed by atoms with Crippen LogP contribution in [0.4, 0.5) is 0 Å². The van der Waals surface area contributed by atoms with Gasteiger partial charge in [0.05, 0.1) is 10.9 Å². The second-order valence-corrected chi connectivity index (χ2v) is 4.06. The van der Waals surface area contributed by atoms with Crippen molar-refractivity contribution in [3.63, 3.8) is 0 Å². The molecule has 0 aliphatic carbocycles. The average Bonchev–Trinajstić information content (AvgIpc) is 2.19. The second-order valence-electron chi connectivity index (χ2n) is 3.15. The summed E-state index contributed by atoms with van der Waals surface area (Å²) >= 11 is 3.27. The smallest absolute Gasteiger partial charge is 0.219 e. The molecule has 1 N–H and O–H groups in total. The largest absolute Gasteiger partial charge is 0.293 e. The molecule has 2 aromatic rings. The van der Waals surface area contributed by atoms with Crippen molar-refractivity contribution in [2.75, 3.05) is 0 Å². The Bertz CT molecular complexity index is 604. The zero-order valence-corrected chi connectivity index (χ0v) is 9.46. The fraction of sp³-hybridized carbons (Fsp3) is 0.100. The van der Waals surface area contributed by atoms with E-state index >= 15 is 0 Å². The van der Waals surface area contributed by atoms with Gasteiger partial charge < -0.3 is 0 Å². The minimum atomic E-state index is -0.336. The fourth-order valence-electron chi connectivity index (χ4n) is 1.33. The standard InChI is InChI=1S/C10H7BrN2O2/c1-5(14)9-10(15)7-4-6(11)2-3-8(7)12-13-9/h2-4H,1H3,(H,12,15). The molecule has 76 valence electrons. The first-order valence-corrected chi connectivity index (χ1v) is 5.08. The summed E-state index contributed by atoms with van der Waals surface area (Å²) in [6, 6.07) is 5.20. The van der Waals surface area contributed by atoms with E-state index in [0.717, 1.165) is 4.47 Å². The molecule has 0 aliphatic heterocycles. The number of nitrogens with zero attached hydrogens (tertiary/aromatic N) is 1. The number of halogens is 1. The Morgan fingerprint density at radius 1 is 1.47 bits per heavy atom. The van der Waals surface area contributed by atoms with Crippen LogP contribution in [-0.4, -0.2) is 16.0 Å². The number of benzene rings is 1. The molecule has 0 unspecified atom stereocenters. The highest BCUT2D eigenvalue weighted by Gasteiger charge is 2.10. The normalized spacial score (nSPS) is 10.5. The van der Waals surface area contributed by atoms with Gasteiger partial charge >= 0.3 is 0 Å². The highest BCUT2D eigenvalue weighted by molar-refractivity contribution is 9.10. The van der Waals surface area contributed by atoms with E-state index in [4.69, 9.17) is 0 Å². The third kappa shape index (κ3) is 1.70. The molecule has 15 heavy (non-hydrogen) atoms. The second kappa shape index (κ2) is 3.58. The first-order valence-electron chi connectivity index (χ1n) is 4.28. The molecule has 0 saturated heterocycles. The van der Waals surface area contributed by atoms with Crippen LogP contribution in [0.1, 0.15) is 17.4 Å². The third-order valence-corrected chi connectivity index (χ3v) is 2.56. The van der Waals surface area contributed by atoms with E-state index in [1.54, 1.807) is 18.2 Å². The van der Waals surface area contributed by atoms with E-state index < -0.39 is 0 Å². The summed E-state index contributed by atoms with van der Waals surface area (Å²) in [7, 11) is 0. The lowest BCUT2D eigenvalue weighted by molar-refractivity contribution is 0.101. The number of aromatic nitrogens is 2. The van der Waals surface area contributed by atoms with Crippen molar-refractivity contribution in [1.29, 1.82) is 0 Å². The van der Waals surface area contributed by atoms with Crippen LogP contribution in [0.5, 0.6) is 0 Å². The van der Waals surface area contributed by atoms with Gasteiger partial charge in [0.2, 0.25) is 5.43 Å². The molecule has 1 heterocycles. The quantitative estimate of drug-likeness (QED) is 0.802. The summed E-state index contributed by atoms with van der Waals surface area (Å²) < 4.78 is 0.793. The summed E-state index contributed by atoms with van der Waals surface area (Å²) in [5.74, 6) is -0.335. The first-order chi connectivity index (χ1) is 7.09. The highest BCUT2D eigenvalue weighted by atomic mass is 79.9. The van der Waals surface area contributed by atoms with Gasteiger partial charge in [-0.05, 0) is 18.2 Å². The zero-order valence-electron chi connectivity index (χ0n) is 7.87. The van der Waals surface area contributed by atoms with E-state index in [0.29, 0.717) is 10.9 Å². The van der Waals surface area contributed by atoms with Gasteiger partial charge in [-0.25, -0.2) is 0 Å². The van der Waals surface area contributed by atoms with E-state index in [-0.39, 0.29) is 16.9 Å². The topological polar surface area (TPSA) is 62.8 Å². The van der Waals surface area contributed by atoms with Crippen LogP contribution in [0.15, 0.2) is 27.5 Å². The molecule has 1 aromatic carbocycles. The Morgan fingerprint density at radius 3 is 2.87 bits per heavy atom. The lowest BCUT2D eigenvalue weighted by Crippen LogP contribution is -2.16. The summed E-state index contributed by atoms with van der Waals surface area (Å²) in [6.07, 6.45) is 0. The van der Waals surface area contributed by atoms with Crippen LogP contribution in [0.25, 0.3) is 10.9 Å². The number of ketones is 1. The van der Waals surface area contributed by atoms with Crippen LogP contribution in [0.2, 0.25) is 0 Å². The third-order valence-electron chi connectivity index (χ3n) is 2.06. The maximum Gasteiger partial charge on any atom is 0.219 e. The predicted molar refractivity (Wildman–Crippen MR) is 60.1 cm³/mol. The Kier molecular flexibility index (Phi) is 2.40. The first kappa shape index (κ1) is 10.0. The number of fused-ring (bicyclic) bond motifs is 1. The van der Waals surface area contributed by atoms with Crippen LogP contribution in [0, 0.1) is 0 Å².